The molecule has 1 aliphatic rings. The molecule has 2 aromatic rings. The van der Waals surface area contributed by atoms with Crippen LogP contribution in [0.1, 0.15) is 10.6 Å². The summed E-state index contributed by atoms with van der Waals surface area (Å²) in [5.41, 5.74) is -0.228. The summed E-state index contributed by atoms with van der Waals surface area (Å²) in [4.78, 5) is 34.7. The lowest BCUT2D eigenvalue weighted by atomic mass is 10.2. The van der Waals surface area contributed by atoms with Crippen molar-refractivity contribution in [2.24, 2.45) is 0 Å². The van der Waals surface area contributed by atoms with E-state index in [2.05, 4.69) is 21.2 Å². The van der Waals surface area contributed by atoms with Crippen molar-refractivity contribution >= 4 is 23.2 Å². The first-order valence-electron chi connectivity index (χ1n) is 7.86. The van der Waals surface area contributed by atoms with E-state index in [0.717, 1.165) is 0 Å². The summed E-state index contributed by atoms with van der Waals surface area (Å²) in [5.74, 6) is 2.70. The maximum absolute atomic E-state index is 12.3. The topological polar surface area (TPSA) is 118 Å². The quantitative estimate of drug-likeness (QED) is 0.479. The first-order chi connectivity index (χ1) is 12.6. The third kappa shape index (κ3) is 3.41. The van der Waals surface area contributed by atoms with Crippen molar-refractivity contribution in [3.63, 3.8) is 0 Å². The zero-order valence-electron chi connectivity index (χ0n) is 13.8. The highest BCUT2D eigenvalue weighted by Crippen LogP contribution is 2.32. The molecule has 2 aromatic heterocycles. The second-order valence-electron chi connectivity index (χ2n) is 5.47. The first-order valence-corrected chi connectivity index (χ1v) is 7.86. The van der Waals surface area contributed by atoms with Crippen molar-refractivity contribution in [3.8, 4) is 12.3 Å². The fourth-order valence-corrected chi connectivity index (χ4v) is 2.71. The van der Waals surface area contributed by atoms with Crippen LogP contribution in [0.5, 0.6) is 0 Å². The summed E-state index contributed by atoms with van der Waals surface area (Å²) in [6.07, 6.45) is 7.88. The molecule has 3 heterocycles. The number of anilines is 2. The van der Waals surface area contributed by atoms with Crippen LogP contribution in [0.4, 0.5) is 17.3 Å². The maximum atomic E-state index is 12.3. The van der Waals surface area contributed by atoms with Gasteiger partial charge >= 0.3 is 5.69 Å². The van der Waals surface area contributed by atoms with E-state index in [9.17, 15) is 14.9 Å². The molecule has 10 nitrogen and oxygen atoms in total. The van der Waals surface area contributed by atoms with E-state index >= 15 is 0 Å². The van der Waals surface area contributed by atoms with Crippen molar-refractivity contribution in [2.45, 2.75) is 0 Å². The number of hydrogen-bond donors (Lipinski definition) is 1. The number of amides is 1. The van der Waals surface area contributed by atoms with Gasteiger partial charge < -0.3 is 19.5 Å². The highest BCUT2D eigenvalue weighted by molar-refractivity contribution is 5.91. The Kier molecular flexibility index (Phi) is 4.98. The number of nitrogens with one attached hydrogen (secondary N) is 1. The minimum Gasteiger partial charge on any atom is -0.459 e. The fourth-order valence-electron chi connectivity index (χ4n) is 2.71. The van der Waals surface area contributed by atoms with E-state index in [1.165, 1.54) is 12.6 Å². The molecule has 26 heavy (non-hydrogen) atoms. The number of nitrogens with zero attached hydrogens (tertiary/aromatic N) is 5. The van der Waals surface area contributed by atoms with Crippen LogP contribution in [0.3, 0.4) is 0 Å². The molecule has 3 rings (SSSR count). The van der Waals surface area contributed by atoms with Gasteiger partial charge in [-0.1, -0.05) is 5.92 Å². The lowest BCUT2D eigenvalue weighted by Crippen LogP contribution is -2.49. The Morgan fingerprint density at radius 3 is 2.77 bits per heavy atom. The number of aromatic nitrogens is 2. The molecule has 1 aliphatic heterocycles. The largest absolute Gasteiger partial charge is 0.459 e. The Morgan fingerprint density at radius 2 is 2.15 bits per heavy atom. The van der Waals surface area contributed by atoms with E-state index in [0.29, 0.717) is 26.2 Å². The SMILES string of the molecule is C#CCNc1ncnc(N2CCN(C(=O)c3ccco3)CC2)c1[N+](=O)[O-]. The lowest BCUT2D eigenvalue weighted by molar-refractivity contribution is -0.383. The van der Waals surface area contributed by atoms with E-state index in [1.54, 1.807) is 21.9 Å². The summed E-state index contributed by atoms with van der Waals surface area (Å²) in [6.45, 7) is 1.71. The van der Waals surface area contributed by atoms with Gasteiger partial charge in [-0.15, -0.1) is 6.42 Å². The standard InChI is InChI=1S/C16H16N6O4/c1-2-5-17-14-13(22(24)25)15(19-11-18-14)20-6-8-21(9-7-20)16(23)12-4-3-10-26-12/h1,3-4,10-11H,5-9H2,(H,17,18,19). The molecule has 0 radical (unpaired) electrons. The van der Waals surface area contributed by atoms with Gasteiger partial charge in [0.05, 0.1) is 17.7 Å². The molecule has 0 spiro atoms. The molecule has 1 N–H and O–H groups in total. The predicted molar refractivity (Wildman–Crippen MR) is 92.8 cm³/mol. The number of furan rings is 1. The van der Waals surface area contributed by atoms with E-state index in [-0.39, 0.29) is 35.5 Å². The number of carbonyl (C=O) groups is 1. The summed E-state index contributed by atoms with van der Waals surface area (Å²) >= 11 is 0. The van der Waals surface area contributed by atoms with Crippen LogP contribution >= 0.6 is 0 Å². The molecule has 134 valence electrons. The molecule has 1 fully saturated rings. The Bertz CT molecular complexity index is 837. The number of rotatable bonds is 5. The van der Waals surface area contributed by atoms with Gasteiger partial charge in [-0.05, 0) is 12.1 Å². The minimum atomic E-state index is -0.533. The third-order valence-corrected chi connectivity index (χ3v) is 3.94. The molecule has 0 aliphatic carbocycles. The van der Waals surface area contributed by atoms with E-state index in [4.69, 9.17) is 10.8 Å². The average Bonchev–Trinajstić information content (AvgIpc) is 3.20. The monoisotopic (exact) mass is 356 g/mol. The van der Waals surface area contributed by atoms with Gasteiger partial charge in [0.1, 0.15) is 6.33 Å². The number of nitro groups is 1. The van der Waals surface area contributed by atoms with Gasteiger partial charge in [-0.2, -0.15) is 0 Å². The van der Waals surface area contributed by atoms with E-state index < -0.39 is 4.92 Å². The highest BCUT2D eigenvalue weighted by atomic mass is 16.6. The van der Waals surface area contributed by atoms with Gasteiger partial charge in [0, 0.05) is 26.2 Å². The summed E-state index contributed by atoms with van der Waals surface area (Å²) in [6, 6.07) is 3.26. The zero-order chi connectivity index (χ0) is 18.5. The Hall–Kier alpha value is -3.61. The molecule has 0 atom stereocenters. The summed E-state index contributed by atoms with van der Waals surface area (Å²) in [7, 11) is 0. The Morgan fingerprint density at radius 1 is 1.38 bits per heavy atom. The number of terminal acetylenes is 1. The van der Waals surface area contributed by atoms with Gasteiger partial charge in [0.2, 0.25) is 11.6 Å². The molecular formula is C16H16N6O4. The van der Waals surface area contributed by atoms with Gasteiger partial charge in [-0.25, -0.2) is 9.97 Å². The highest BCUT2D eigenvalue weighted by Gasteiger charge is 2.30. The number of hydrogen-bond acceptors (Lipinski definition) is 8. The molecule has 0 saturated carbocycles. The van der Waals surface area contributed by atoms with Crippen LogP contribution in [0.2, 0.25) is 0 Å². The molecule has 0 unspecified atom stereocenters. The minimum absolute atomic E-state index is 0.0760. The van der Waals surface area contributed by atoms with Gasteiger partial charge in [0.25, 0.3) is 5.91 Å². The van der Waals surface area contributed by atoms with Crippen LogP contribution < -0.4 is 10.2 Å². The van der Waals surface area contributed by atoms with Crippen LogP contribution in [-0.4, -0.2) is 58.4 Å². The van der Waals surface area contributed by atoms with Crippen LogP contribution in [0, 0.1) is 22.5 Å². The summed E-state index contributed by atoms with van der Waals surface area (Å²) in [5, 5.41) is 14.2. The number of carbonyl (C=O) groups excluding carboxylic acids is 1. The van der Waals surface area contributed by atoms with Crippen molar-refractivity contribution < 1.29 is 14.1 Å². The second kappa shape index (κ2) is 7.52. The number of piperazine rings is 1. The molecule has 1 amide bonds. The van der Waals surface area contributed by atoms with Crippen molar-refractivity contribution in [3.05, 3.63) is 40.6 Å². The molecule has 10 heteroatoms. The van der Waals surface area contributed by atoms with Crippen LogP contribution in [0.15, 0.2) is 29.1 Å². The normalized spacial score (nSPS) is 14.0. The molecule has 0 aromatic carbocycles. The Labute approximate surface area is 149 Å². The van der Waals surface area contributed by atoms with Crippen molar-refractivity contribution in [1.29, 1.82) is 0 Å². The first kappa shape index (κ1) is 17.2. The van der Waals surface area contributed by atoms with Gasteiger partial charge in [0.15, 0.2) is 5.76 Å². The van der Waals surface area contributed by atoms with Crippen molar-refractivity contribution in [2.75, 3.05) is 42.9 Å². The fraction of sp³-hybridized carbons (Fsp3) is 0.312. The maximum Gasteiger partial charge on any atom is 0.353 e. The smallest absolute Gasteiger partial charge is 0.353 e. The average molecular weight is 356 g/mol. The van der Waals surface area contributed by atoms with Crippen molar-refractivity contribution in [1.82, 2.24) is 14.9 Å². The zero-order valence-corrected chi connectivity index (χ0v) is 13.8. The van der Waals surface area contributed by atoms with Gasteiger partial charge in [-0.3, -0.25) is 14.9 Å². The second-order valence-corrected chi connectivity index (χ2v) is 5.47. The van der Waals surface area contributed by atoms with Crippen LogP contribution in [0.25, 0.3) is 0 Å². The third-order valence-electron chi connectivity index (χ3n) is 3.94. The predicted octanol–water partition coefficient (Wildman–Crippen LogP) is 0.985. The molecular weight excluding hydrogens is 340 g/mol. The van der Waals surface area contributed by atoms with E-state index in [1.807, 2.05) is 0 Å². The Balaban J connectivity index is 1.76. The van der Waals surface area contributed by atoms with Crippen LogP contribution in [-0.2, 0) is 0 Å². The molecule has 0 bridgehead atoms. The lowest BCUT2D eigenvalue weighted by Gasteiger charge is -2.34. The molecule has 1 saturated heterocycles. The summed E-state index contributed by atoms with van der Waals surface area (Å²) < 4.78 is 5.12.